The molecule has 4 rings (SSSR count). The predicted octanol–water partition coefficient (Wildman–Crippen LogP) is 5.20. The van der Waals surface area contributed by atoms with Crippen LogP contribution in [0.15, 0.2) is 54.2 Å². The summed E-state index contributed by atoms with van der Waals surface area (Å²) < 4.78 is 45.8. The van der Waals surface area contributed by atoms with Crippen molar-refractivity contribution in [3.63, 3.8) is 0 Å². The van der Waals surface area contributed by atoms with E-state index in [1.165, 1.54) is 30.9 Å². The maximum atomic E-state index is 13.3. The average Bonchev–Trinajstić information content (AvgIpc) is 3.08. The summed E-state index contributed by atoms with van der Waals surface area (Å²) in [5.41, 5.74) is -0.0266. The van der Waals surface area contributed by atoms with Gasteiger partial charge in [0.05, 0.1) is 24.4 Å². The highest BCUT2D eigenvalue weighted by atomic mass is 19.4. The molecule has 0 unspecified atom stereocenters. The fourth-order valence-electron chi connectivity index (χ4n) is 4.32. The molecule has 0 atom stereocenters. The normalized spacial score (nSPS) is 17.2. The SMILES string of the molecule is O=C1C=C(Nc2cc(C(F)(F)F)ccc2Oc2ccc(C3CCCCC3)cc2)C(=O)N1CCO. The summed E-state index contributed by atoms with van der Waals surface area (Å²) in [6.45, 7) is -0.633. The number of imide groups is 1. The molecule has 2 amide bonds. The lowest BCUT2D eigenvalue weighted by Crippen LogP contribution is -2.34. The molecule has 2 aliphatic rings. The number of hydrogen-bond donors (Lipinski definition) is 2. The lowest BCUT2D eigenvalue weighted by Gasteiger charge is -2.22. The number of carbonyl (C=O) groups is 2. The molecule has 0 aromatic heterocycles. The Morgan fingerprint density at radius 3 is 2.38 bits per heavy atom. The van der Waals surface area contributed by atoms with E-state index in [1.807, 2.05) is 12.1 Å². The Hall–Kier alpha value is -3.33. The second-order valence-corrected chi connectivity index (χ2v) is 8.42. The van der Waals surface area contributed by atoms with Crippen molar-refractivity contribution >= 4 is 17.5 Å². The van der Waals surface area contributed by atoms with Crippen molar-refractivity contribution in [2.75, 3.05) is 18.5 Å². The van der Waals surface area contributed by atoms with E-state index in [9.17, 15) is 22.8 Å². The van der Waals surface area contributed by atoms with Crippen LogP contribution in [0.5, 0.6) is 11.5 Å². The Morgan fingerprint density at radius 2 is 1.74 bits per heavy atom. The van der Waals surface area contributed by atoms with Crippen LogP contribution < -0.4 is 10.1 Å². The van der Waals surface area contributed by atoms with Crippen LogP contribution >= 0.6 is 0 Å². The minimum absolute atomic E-state index is 0.0696. The van der Waals surface area contributed by atoms with E-state index >= 15 is 0 Å². The number of amides is 2. The number of β-amino-alcohol motifs (C(OH)–C–C–N with tert-alkyl or cyclic N) is 1. The molecule has 0 radical (unpaired) electrons. The van der Waals surface area contributed by atoms with Gasteiger partial charge in [0.2, 0.25) is 0 Å². The monoisotopic (exact) mass is 474 g/mol. The summed E-state index contributed by atoms with van der Waals surface area (Å²) in [6.07, 6.45) is 2.32. The van der Waals surface area contributed by atoms with Gasteiger partial charge >= 0.3 is 6.18 Å². The largest absolute Gasteiger partial charge is 0.455 e. The molecule has 1 heterocycles. The number of ether oxygens (including phenoxy) is 1. The zero-order valence-corrected chi connectivity index (χ0v) is 18.4. The highest BCUT2D eigenvalue weighted by molar-refractivity contribution is 6.17. The highest BCUT2D eigenvalue weighted by Gasteiger charge is 2.34. The molecule has 0 bridgehead atoms. The van der Waals surface area contributed by atoms with Gasteiger partial charge < -0.3 is 15.2 Å². The number of aliphatic hydroxyl groups is 1. The van der Waals surface area contributed by atoms with E-state index in [1.54, 1.807) is 12.1 Å². The number of anilines is 1. The van der Waals surface area contributed by atoms with Crippen LogP contribution in [0.4, 0.5) is 18.9 Å². The van der Waals surface area contributed by atoms with Crippen LogP contribution in [-0.4, -0.2) is 35.0 Å². The van der Waals surface area contributed by atoms with Gasteiger partial charge in [0.1, 0.15) is 11.4 Å². The molecule has 0 saturated heterocycles. The first-order chi connectivity index (χ1) is 16.3. The molecule has 2 aromatic rings. The van der Waals surface area contributed by atoms with Crippen LogP contribution in [0.3, 0.4) is 0 Å². The van der Waals surface area contributed by atoms with Gasteiger partial charge in [0, 0.05) is 6.08 Å². The number of halogens is 3. The van der Waals surface area contributed by atoms with Gasteiger partial charge in [-0.05, 0) is 54.7 Å². The van der Waals surface area contributed by atoms with Crippen molar-refractivity contribution in [2.24, 2.45) is 0 Å². The van der Waals surface area contributed by atoms with Crippen molar-refractivity contribution < 1.29 is 32.6 Å². The van der Waals surface area contributed by atoms with Crippen molar-refractivity contribution in [1.82, 2.24) is 4.90 Å². The minimum Gasteiger partial charge on any atom is -0.455 e. The Balaban J connectivity index is 1.58. The first-order valence-electron chi connectivity index (χ1n) is 11.2. The number of alkyl halides is 3. The molecule has 1 saturated carbocycles. The highest BCUT2D eigenvalue weighted by Crippen LogP contribution is 2.39. The first kappa shape index (κ1) is 23.8. The van der Waals surface area contributed by atoms with E-state index in [0.29, 0.717) is 11.7 Å². The number of rotatable bonds is 7. The number of nitrogens with zero attached hydrogens (tertiary/aromatic N) is 1. The lowest BCUT2D eigenvalue weighted by molar-refractivity contribution is -0.138. The van der Waals surface area contributed by atoms with E-state index in [0.717, 1.165) is 36.0 Å². The van der Waals surface area contributed by atoms with Gasteiger partial charge in [-0.25, -0.2) is 0 Å². The van der Waals surface area contributed by atoms with Gasteiger partial charge in [-0.2, -0.15) is 13.2 Å². The summed E-state index contributed by atoms with van der Waals surface area (Å²) in [7, 11) is 0. The molecule has 2 aromatic carbocycles. The summed E-state index contributed by atoms with van der Waals surface area (Å²) >= 11 is 0. The van der Waals surface area contributed by atoms with E-state index < -0.39 is 30.2 Å². The number of benzene rings is 2. The number of nitrogens with one attached hydrogen (secondary N) is 1. The van der Waals surface area contributed by atoms with Gasteiger partial charge in [0.15, 0.2) is 5.75 Å². The third kappa shape index (κ3) is 5.25. The number of carbonyl (C=O) groups excluding carboxylic acids is 2. The van der Waals surface area contributed by atoms with Crippen LogP contribution in [0.25, 0.3) is 0 Å². The third-order valence-corrected chi connectivity index (χ3v) is 6.09. The summed E-state index contributed by atoms with van der Waals surface area (Å²) in [6, 6.07) is 10.4. The molecule has 9 heteroatoms. The Bertz CT molecular complexity index is 1090. The molecule has 1 fully saturated rings. The summed E-state index contributed by atoms with van der Waals surface area (Å²) in [4.78, 5) is 25.3. The van der Waals surface area contributed by atoms with Gasteiger partial charge in [0.25, 0.3) is 11.8 Å². The zero-order valence-electron chi connectivity index (χ0n) is 18.4. The van der Waals surface area contributed by atoms with Crippen molar-refractivity contribution in [3.05, 3.63) is 65.4 Å². The molecule has 6 nitrogen and oxygen atoms in total. The molecular weight excluding hydrogens is 449 g/mol. The zero-order chi connectivity index (χ0) is 24.3. The van der Waals surface area contributed by atoms with E-state index in [4.69, 9.17) is 9.84 Å². The standard InChI is InChI=1S/C25H25F3N2O4/c26-25(27,28)18-8-11-22(20(14-18)29-21-15-23(32)30(12-13-31)24(21)33)34-19-9-6-17(7-10-19)16-4-2-1-3-5-16/h6-11,14-16,29,31H,1-5,12-13H2. The number of hydrogen-bond acceptors (Lipinski definition) is 5. The fourth-order valence-corrected chi connectivity index (χ4v) is 4.32. The summed E-state index contributed by atoms with van der Waals surface area (Å²) in [5, 5.41) is 11.7. The second-order valence-electron chi connectivity index (χ2n) is 8.42. The van der Waals surface area contributed by atoms with Crippen LogP contribution in [0.1, 0.15) is 49.1 Å². The molecule has 1 aliphatic carbocycles. The Kier molecular flexibility index (Phi) is 6.92. The summed E-state index contributed by atoms with van der Waals surface area (Å²) in [5.74, 6) is -0.383. The molecule has 2 N–H and O–H groups in total. The lowest BCUT2D eigenvalue weighted by atomic mass is 9.84. The number of aliphatic hydroxyl groups excluding tert-OH is 1. The van der Waals surface area contributed by atoms with Crippen LogP contribution in [0.2, 0.25) is 0 Å². The predicted molar refractivity (Wildman–Crippen MR) is 119 cm³/mol. The molecule has 0 spiro atoms. The van der Waals surface area contributed by atoms with Crippen molar-refractivity contribution in [3.8, 4) is 11.5 Å². The maximum absolute atomic E-state index is 13.3. The quantitative estimate of drug-likeness (QED) is 0.539. The fraction of sp³-hybridized carbons (Fsp3) is 0.360. The topological polar surface area (TPSA) is 78.9 Å². The van der Waals surface area contributed by atoms with Crippen molar-refractivity contribution in [1.29, 1.82) is 0 Å². The van der Waals surface area contributed by atoms with Gasteiger partial charge in [-0.15, -0.1) is 0 Å². The average molecular weight is 474 g/mol. The van der Waals surface area contributed by atoms with Crippen LogP contribution in [-0.2, 0) is 15.8 Å². The van der Waals surface area contributed by atoms with E-state index in [2.05, 4.69) is 5.32 Å². The molecule has 180 valence electrons. The maximum Gasteiger partial charge on any atom is 0.416 e. The first-order valence-corrected chi connectivity index (χ1v) is 11.2. The third-order valence-electron chi connectivity index (χ3n) is 6.09. The molecule has 34 heavy (non-hydrogen) atoms. The van der Waals surface area contributed by atoms with Crippen LogP contribution in [0, 0.1) is 0 Å². The van der Waals surface area contributed by atoms with Gasteiger partial charge in [-0.1, -0.05) is 31.4 Å². The van der Waals surface area contributed by atoms with Gasteiger partial charge in [-0.3, -0.25) is 14.5 Å². The van der Waals surface area contributed by atoms with Crippen molar-refractivity contribution in [2.45, 2.75) is 44.2 Å². The Labute approximate surface area is 195 Å². The second kappa shape index (κ2) is 9.89. The van der Waals surface area contributed by atoms with E-state index in [-0.39, 0.29) is 23.7 Å². The molecular formula is C25H25F3N2O4. The molecule has 1 aliphatic heterocycles. The smallest absolute Gasteiger partial charge is 0.416 e. The Morgan fingerprint density at radius 1 is 1.03 bits per heavy atom. The minimum atomic E-state index is -4.61.